The van der Waals surface area contributed by atoms with Crippen LogP contribution in [-0.4, -0.2) is 35.0 Å². The lowest BCUT2D eigenvalue weighted by molar-refractivity contribution is -0.143. The van der Waals surface area contributed by atoms with E-state index in [9.17, 15) is 9.59 Å². The third-order valence-electron chi connectivity index (χ3n) is 5.76. The van der Waals surface area contributed by atoms with Crippen molar-refractivity contribution in [2.24, 2.45) is 11.8 Å². The monoisotopic (exact) mass is 358 g/mol. The maximum atomic E-state index is 12.5. The fraction of sp³-hybridized carbons (Fsp3) is 0.619. The van der Waals surface area contributed by atoms with Gasteiger partial charge < -0.3 is 10.4 Å². The zero-order chi connectivity index (χ0) is 18.4. The molecule has 0 unspecified atom stereocenters. The number of benzene rings is 1. The number of amides is 1. The van der Waals surface area contributed by atoms with Crippen molar-refractivity contribution in [3.05, 3.63) is 29.8 Å². The normalized spacial score (nSPS) is 20.5. The Morgan fingerprint density at radius 2 is 1.69 bits per heavy atom. The number of hydrogen-bond acceptors (Lipinski definition) is 3. The highest BCUT2D eigenvalue weighted by molar-refractivity contribution is 5.92. The number of carboxylic acids is 1. The minimum atomic E-state index is -0.673. The lowest BCUT2D eigenvalue weighted by Crippen LogP contribution is -2.35. The molecule has 0 aromatic heterocycles. The highest BCUT2D eigenvalue weighted by Gasteiger charge is 2.24. The first-order chi connectivity index (χ1) is 12.6. The van der Waals surface area contributed by atoms with Crippen LogP contribution in [0.4, 0.5) is 5.69 Å². The smallest absolute Gasteiger partial charge is 0.306 e. The second-order valence-corrected chi connectivity index (χ2v) is 7.77. The van der Waals surface area contributed by atoms with Crippen molar-refractivity contribution < 1.29 is 14.7 Å². The molecule has 1 heterocycles. The molecule has 1 aliphatic heterocycles. The van der Waals surface area contributed by atoms with E-state index in [2.05, 4.69) is 22.3 Å². The molecule has 26 heavy (non-hydrogen) atoms. The molecule has 1 amide bonds. The molecular formula is C21H30N2O3. The molecule has 1 aliphatic carbocycles. The molecule has 142 valence electrons. The van der Waals surface area contributed by atoms with Gasteiger partial charge in [0, 0.05) is 18.2 Å². The SMILES string of the molecule is O=C(O)C1CCN(Cc2cccc(NC(=O)C3CCCCCC3)c2)CC1. The van der Waals surface area contributed by atoms with Crippen molar-refractivity contribution in [2.75, 3.05) is 18.4 Å². The maximum absolute atomic E-state index is 12.5. The van der Waals surface area contributed by atoms with Crippen LogP contribution in [0.25, 0.3) is 0 Å². The van der Waals surface area contributed by atoms with Crippen LogP contribution in [0.2, 0.25) is 0 Å². The van der Waals surface area contributed by atoms with Crippen LogP contribution in [0.3, 0.4) is 0 Å². The van der Waals surface area contributed by atoms with Gasteiger partial charge in [0.15, 0.2) is 0 Å². The zero-order valence-electron chi connectivity index (χ0n) is 15.5. The number of anilines is 1. The number of aliphatic carboxylic acids is 1. The summed E-state index contributed by atoms with van der Waals surface area (Å²) in [6.07, 6.45) is 8.25. The Kier molecular flexibility index (Phi) is 6.67. The first kappa shape index (κ1) is 18.9. The molecule has 5 nitrogen and oxygen atoms in total. The second kappa shape index (κ2) is 9.17. The lowest BCUT2D eigenvalue weighted by atomic mass is 9.97. The van der Waals surface area contributed by atoms with Gasteiger partial charge in [-0.1, -0.05) is 37.8 Å². The van der Waals surface area contributed by atoms with Gasteiger partial charge >= 0.3 is 5.97 Å². The topological polar surface area (TPSA) is 69.6 Å². The number of carbonyl (C=O) groups excluding carboxylic acids is 1. The van der Waals surface area contributed by atoms with E-state index in [1.54, 1.807) is 0 Å². The minimum Gasteiger partial charge on any atom is -0.481 e. The Morgan fingerprint density at radius 3 is 2.35 bits per heavy atom. The second-order valence-electron chi connectivity index (χ2n) is 7.77. The van der Waals surface area contributed by atoms with Gasteiger partial charge in [-0.3, -0.25) is 14.5 Å². The average Bonchev–Trinajstić information content (AvgIpc) is 2.92. The molecule has 3 rings (SSSR count). The summed E-state index contributed by atoms with van der Waals surface area (Å²) in [5.74, 6) is -0.563. The number of piperidine rings is 1. The molecule has 0 atom stereocenters. The number of nitrogens with one attached hydrogen (secondary N) is 1. The fourth-order valence-corrected chi connectivity index (χ4v) is 4.13. The summed E-state index contributed by atoms with van der Waals surface area (Å²) in [5.41, 5.74) is 2.04. The molecule has 1 aromatic rings. The Hall–Kier alpha value is -1.88. The van der Waals surface area contributed by atoms with Gasteiger partial charge in [-0.15, -0.1) is 0 Å². The number of hydrogen-bond donors (Lipinski definition) is 2. The summed E-state index contributed by atoms with van der Waals surface area (Å²) in [4.78, 5) is 25.9. The summed E-state index contributed by atoms with van der Waals surface area (Å²) in [5, 5.41) is 12.2. The van der Waals surface area contributed by atoms with Gasteiger partial charge in [0.05, 0.1) is 5.92 Å². The minimum absolute atomic E-state index is 0.149. The van der Waals surface area contributed by atoms with Crippen LogP contribution < -0.4 is 5.32 Å². The van der Waals surface area contributed by atoms with Gasteiger partial charge in [0.2, 0.25) is 5.91 Å². The maximum Gasteiger partial charge on any atom is 0.306 e. The Bertz CT molecular complexity index is 615. The molecular weight excluding hydrogens is 328 g/mol. The van der Waals surface area contributed by atoms with Gasteiger partial charge in [0.25, 0.3) is 0 Å². The molecule has 0 radical (unpaired) electrons. The molecule has 0 spiro atoms. The Balaban J connectivity index is 1.53. The number of rotatable bonds is 5. The van der Waals surface area contributed by atoms with Crippen molar-refractivity contribution in [2.45, 2.75) is 57.9 Å². The summed E-state index contributed by atoms with van der Waals surface area (Å²) in [7, 11) is 0. The summed E-state index contributed by atoms with van der Waals surface area (Å²) in [6.45, 7) is 2.44. The average molecular weight is 358 g/mol. The quantitative estimate of drug-likeness (QED) is 0.784. The molecule has 1 saturated heterocycles. The first-order valence-electron chi connectivity index (χ1n) is 9.97. The van der Waals surface area contributed by atoms with E-state index >= 15 is 0 Å². The lowest BCUT2D eigenvalue weighted by Gasteiger charge is -2.30. The number of carboxylic acid groups (broad SMARTS) is 1. The molecule has 2 aliphatic rings. The predicted octanol–water partition coefficient (Wildman–Crippen LogP) is 3.89. The Morgan fingerprint density at radius 1 is 1.00 bits per heavy atom. The van der Waals surface area contributed by atoms with Gasteiger partial charge in [-0.05, 0) is 56.5 Å². The zero-order valence-corrected chi connectivity index (χ0v) is 15.5. The largest absolute Gasteiger partial charge is 0.481 e. The number of likely N-dealkylation sites (tertiary alicyclic amines) is 1. The van der Waals surface area contributed by atoms with Crippen molar-refractivity contribution in [1.82, 2.24) is 4.90 Å². The first-order valence-corrected chi connectivity index (χ1v) is 9.97. The number of nitrogens with zero attached hydrogens (tertiary/aromatic N) is 1. The van der Waals surface area contributed by atoms with Crippen molar-refractivity contribution >= 4 is 17.6 Å². The van der Waals surface area contributed by atoms with Crippen LogP contribution in [0.15, 0.2) is 24.3 Å². The molecule has 1 aromatic carbocycles. The fourth-order valence-electron chi connectivity index (χ4n) is 4.13. The van der Waals surface area contributed by atoms with Gasteiger partial charge in [-0.2, -0.15) is 0 Å². The van der Waals surface area contributed by atoms with Crippen LogP contribution in [0, 0.1) is 11.8 Å². The molecule has 2 N–H and O–H groups in total. The van der Waals surface area contributed by atoms with E-state index in [1.807, 2.05) is 12.1 Å². The molecule has 5 heteroatoms. The van der Waals surface area contributed by atoms with Crippen molar-refractivity contribution in [1.29, 1.82) is 0 Å². The van der Waals surface area contributed by atoms with Gasteiger partial charge in [0.1, 0.15) is 0 Å². The van der Waals surface area contributed by atoms with E-state index in [0.717, 1.165) is 56.6 Å². The van der Waals surface area contributed by atoms with E-state index < -0.39 is 5.97 Å². The standard InChI is InChI=1S/C21H30N2O3/c24-20(17-7-3-1-2-4-8-17)22-19-9-5-6-16(14-19)15-23-12-10-18(11-13-23)21(25)26/h5-6,9,14,17-18H,1-4,7-8,10-13,15H2,(H,22,24)(H,25,26). The summed E-state index contributed by atoms with van der Waals surface area (Å²) < 4.78 is 0. The van der Waals surface area contributed by atoms with Crippen LogP contribution in [0.5, 0.6) is 0 Å². The molecule has 1 saturated carbocycles. The Labute approximate surface area is 155 Å². The van der Waals surface area contributed by atoms with Crippen LogP contribution in [-0.2, 0) is 16.1 Å². The van der Waals surface area contributed by atoms with Gasteiger partial charge in [-0.25, -0.2) is 0 Å². The summed E-state index contributed by atoms with van der Waals surface area (Å²) >= 11 is 0. The highest BCUT2D eigenvalue weighted by Crippen LogP contribution is 2.25. The summed E-state index contributed by atoms with van der Waals surface area (Å²) in [6, 6.07) is 8.07. The highest BCUT2D eigenvalue weighted by atomic mass is 16.4. The third-order valence-corrected chi connectivity index (χ3v) is 5.76. The molecule has 2 fully saturated rings. The van der Waals surface area contributed by atoms with E-state index in [1.165, 1.54) is 12.8 Å². The van der Waals surface area contributed by atoms with Crippen molar-refractivity contribution in [3.63, 3.8) is 0 Å². The van der Waals surface area contributed by atoms with Crippen LogP contribution >= 0.6 is 0 Å². The van der Waals surface area contributed by atoms with E-state index in [-0.39, 0.29) is 17.7 Å². The third kappa shape index (κ3) is 5.31. The predicted molar refractivity (Wildman–Crippen MR) is 102 cm³/mol. The number of carbonyl (C=O) groups is 2. The van der Waals surface area contributed by atoms with E-state index in [0.29, 0.717) is 12.8 Å². The van der Waals surface area contributed by atoms with Crippen molar-refractivity contribution in [3.8, 4) is 0 Å². The molecule has 0 bridgehead atoms. The van der Waals surface area contributed by atoms with Crippen LogP contribution in [0.1, 0.15) is 56.9 Å². The van der Waals surface area contributed by atoms with E-state index in [4.69, 9.17) is 5.11 Å².